The first-order valence-corrected chi connectivity index (χ1v) is 7.85. The van der Waals surface area contributed by atoms with E-state index in [-0.39, 0.29) is 23.0 Å². The fourth-order valence-corrected chi connectivity index (χ4v) is 2.99. The van der Waals surface area contributed by atoms with Gasteiger partial charge in [-0.3, -0.25) is 0 Å². The number of benzene rings is 1. The Labute approximate surface area is 119 Å². The van der Waals surface area contributed by atoms with E-state index in [0.717, 1.165) is 0 Å². The number of halogens is 1. The molecule has 1 aromatic carbocycles. The van der Waals surface area contributed by atoms with Crippen LogP contribution >= 0.6 is 11.6 Å². The summed E-state index contributed by atoms with van der Waals surface area (Å²) in [7, 11) is -3.61. The van der Waals surface area contributed by atoms with Gasteiger partial charge in [0, 0.05) is 11.1 Å². The minimum absolute atomic E-state index is 0.108. The molecule has 4 nitrogen and oxygen atoms in total. The predicted octanol–water partition coefficient (Wildman–Crippen LogP) is 2.55. The van der Waals surface area contributed by atoms with E-state index in [1.165, 1.54) is 18.2 Å². The summed E-state index contributed by atoms with van der Waals surface area (Å²) in [6.07, 6.45) is 0. The van der Waals surface area contributed by atoms with Crippen LogP contribution in [0.25, 0.3) is 0 Å². The van der Waals surface area contributed by atoms with Gasteiger partial charge in [0.15, 0.2) is 0 Å². The molecular weight excluding hydrogens is 286 g/mol. The van der Waals surface area contributed by atoms with Crippen LogP contribution in [0.4, 0.5) is 0 Å². The summed E-state index contributed by atoms with van der Waals surface area (Å²) >= 11 is 5.85. The molecule has 19 heavy (non-hydrogen) atoms. The average Bonchev–Trinajstić information content (AvgIpc) is 2.27. The SMILES string of the molecule is CC(NS(=O)(=O)c1ccc(Cl)c(CO)c1)C(C)(C)C. The first-order valence-electron chi connectivity index (χ1n) is 5.99. The fraction of sp³-hybridized carbons (Fsp3) is 0.538. The van der Waals surface area contributed by atoms with Crippen LogP contribution in [0.5, 0.6) is 0 Å². The van der Waals surface area contributed by atoms with E-state index in [1.54, 1.807) is 0 Å². The Morgan fingerprint density at radius 3 is 2.42 bits per heavy atom. The van der Waals surface area contributed by atoms with E-state index < -0.39 is 10.0 Å². The molecule has 0 aromatic heterocycles. The Morgan fingerprint density at radius 2 is 1.95 bits per heavy atom. The smallest absolute Gasteiger partial charge is 0.240 e. The molecule has 2 N–H and O–H groups in total. The van der Waals surface area contributed by atoms with Gasteiger partial charge in [-0.15, -0.1) is 0 Å². The van der Waals surface area contributed by atoms with Gasteiger partial charge in [0.05, 0.1) is 11.5 Å². The zero-order chi connectivity index (χ0) is 14.8. The molecule has 0 radical (unpaired) electrons. The Bertz CT molecular complexity index is 549. The van der Waals surface area contributed by atoms with Crippen molar-refractivity contribution >= 4 is 21.6 Å². The molecule has 0 saturated carbocycles. The quantitative estimate of drug-likeness (QED) is 0.898. The summed E-state index contributed by atoms with van der Waals surface area (Å²) in [6.45, 7) is 7.40. The zero-order valence-corrected chi connectivity index (χ0v) is 13.1. The number of nitrogens with one attached hydrogen (secondary N) is 1. The van der Waals surface area contributed by atoms with Crippen LogP contribution in [0.3, 0.4) is 0 Å². The number of aliphatic hydroxyl groups excluding tert-OH is 1. The molecule has 0 aliphatic heterocycles. The number of hydrogen-bond acceptors (Lipinski definition) is 3. The third kappa shape index (κ3) is 4.18. The molecular formula is C13H20ClNO3S. The van der Waals surface area contributed by atoms with Crippen LogP contribution in [0.1, 0.15) is 33.3 Å². The van der Waals surface area contributed by atoms with E-state index in [1.807, 2.05) is 27.7 Å². The van der Waals surface area contributed by atoms with Gasteiger partial charge in [-0.05, 0) is 36.1 Å². The molecule has 0 aliphatic carbocycles. The van der Waals surface area contributed by atoms with Gasteiger partial charge in [0.2, 0.25) is 10.0 Å². The molecule has 0 saturated heterocycles. The predicted molar refractivity (Wildman–Crippen MR) is 76.6 cm³/mol. The Kier molecular flexibility index (Phi) is 5.01. The van der Waals surface area contributed by atoms with Crippen LogP contribution in [0.15, 0.2) is 23.1 Å². The molecule has 1 atom stereocenters. The van der Waals surface area contributed by atoms with Crippen molar-refractivity contribution in [3.8, 4) is 0 Å². The highest BCUT2D eigenvalue weighted by Gasteiger charge is 2.26. The minimum atomic E-state index is -3.61. The molecule has 1 unspecified atom stereocenters. The third-order valence-corrected chi connectivity index (χ3v) is 5.04. The monoisotopic (exact) mass is 305 g/mol. The summed E-state index contributed by atoms with van der Waals surface area (Å²) in [5.41, 5.74) is 0.215. The van der Waals surface area contributed by atoms with E-state index in [4.69, 9.17) is 16.7 Å². The van der Waals surface area contributed by atoms with Crippen LogP contribution in [-0.2, 0) is 16.6 Å². The second kappa shape index (κ2) is 5.79. The topological polar surface area (TPSA) is 66.4 Å². The van der Waals surface area contributed by atoms with Gasteiger partial charge in [-0.25, -0.2) is 13.1 Å². The van der Waals surface area contributed by atoms with Crippen LogP contribution in [0.2, 0.25) is 5.02 Å². The van der Waals surface area contributed by atoms with Crippen molar-refractivity contribution in [3.63, 3.8) is 0 Å². The number of aliphatic hydroxyl groups is 1. The summed E-state index contributed by atoms with van der Waals surface area (Å²) in [6, 6.07) is 4.08. The van der Waals surface area contributed by atoms with Gasteiger partial charge < -0.3 is 5.11 Å². The highest BCUT2D eigenvalue weighted by atomic mass is 35.5. The molecule has 1 aromatic rings. The van der Waals surface area contributed by atoms with Gasteiger partial charge >= 0.3 is 0 Å². The average molecular weight is 306 g/mol. The van der Waals surface area contributed by atoms with Crippen molar-refractivity contribution in [3.05, 3.63) is 28.8 Å². The first kappa shape index (κ1) is 16.4. The van der Waals surface area contributed by atoms with Crippen molar-refractivity contribution in [1.29, 1.82) is 0 Å². The van der Waals surface area contributed by atoms with E-state index in [0.29, 0.717) is 10.6 Å². The highest BCUT2D eigenvalue weighted by Crippen LogP contribution is 2.23. The summed E-state index contributed by atoms with van der Waals surface area (Å²) in [5.74, 6) is 0. The zero-order valence-electron chi connectivity index (χ0n) is 11.6. The Hall–Kier alpha value is -0.620. The molecule has 0 spiro atoms. The normalized spacial score (nSPS) is 14.4. The van der Waals surface area contributed by atoms with E-state index >= 15 is 0 Å². The maximum absolute atomic E-state index is 12.2. The van der Waals surface area contributed by atoms with E-state index in [2.05, 4.69) is 4.72 Å². The van der Waals surface area contributed by atoms with Crippen molar-refractivity contribution in [2.45, 2.75) is 45.2 Å². The molecule has 0 heterocycles. The minimum Gasteiger partial charge on any atom is -0.392 e. The second-order valence-electron chi connectivity index (χ2n) is 5.62. The Morgan fingerprint density at radius 1 is 1.37 bits per heavy atom. The van der Waals surface area contributed by atoms with Gasteiger partial charge in [0.1, 0.15) is 0 Å². The molecule has 0 amide bonds. The highest BCUT2D eigenvalue weighted by molar-refractivity contribution is 7.89. The van der Waals surface area contributed by atoms with Crippen LogP contribution in [0, 0.1) is 5.41 Å². The maximum Gasteiger partial charge on any atom is 0.240 e. The first-order chi connectivity index (χ1) is 8.58. The summed E-state index contributed by atoms with van der Waals surface area (Å²) in [5, 5.41) is 9.47. The van der Waals surface area contributed by atoms with Gasteiger partial charge in [0.25, 0.3) is 0 Å². The molecule has 0 aliphatic rings. The number of rotatable bonds is 4. The van der Waals surface area contributed by atoms with Crippen molar-refractivity contribution in [1.82, 2.24) is 4.72 Å². The van der Waals surface area contributed by atoms with Crippen molar-refractivity contribution < 1.29 is 13.5 Å². The standard InChI is InChI=1S/C13H20ClNO3S/c1-9(13(2,3)4)15-19(17,18)11-5-6-12(14)10(7-11)8-16/h5-7,9,15-16H,8H2,1-4H3. The van der Waals surface area contributed by atoms with Crippen molar-refractivity contribution in [2.75, 3.05) is 0 Å². The lowest BCUT2D eigenvalue weighted by molar-refractivity contribution is 0.281. The molecule has 6 heteroatoms. The molecule has 1 rings (SSSR count). The lowest BCUT2D eigenvalue weighted by atomic mass is 9.89. The summed E-state index contributed by atoms with van der Waals surface area (Å²) < 4.78 is 27.1. The lowest BCUT2D eigenvalue weighted by Gasteiger charge is -2.27. The number of sulfonamides is 1. The maximum atomic E-state index is 12.2. The summed E-state index contributed by atoms with van der Waals surface area (Å²) in [4.78, 5) is 0.108. The second-order valence-corrected chi connectivity index (χ2v) is 7.74. The van der Waals surface area contributed by atoms with Crippen molar-refractivity contribution in [2.24, 2.45) is 5.41 Å². The largest absolute Gasteiger partial charge is 0.392 e. The van der Waals surface area contributed by atoms with Crippen LogP contribution < -0.4 is 4.72 Å². The molecule has 0 fully saturated rings. The molecule has 0 bridgehead atoms. The van der Waals surface area contributed by atoms with E-state index in [9.17, 15) is 8.42 Å². The molecule has 108 valence electrons. The third-order valence-electron chi connectivity index (χ3n) is 3.13. The Balaban J connectivity index is 3.08. The van der Waals surface area contributed by atoms with Crippen LogP contribution in [-0.4, -0.2) is 19.6 Å². The van der Waals surface area contributed by atoms with Gasteiger partial charge in [-0.1, -0.05) is 32.4 Å². The lowest BCUT2D eigenvalue weighted by Crippen LogP contribution is -2.41. The fourth-order valence-electron chi connectivity index (χ4n) is 1.32. The number of hydrogen-bond donors (Lipinski definition) is 2. The van der Waals surface area contributed by atoms with Gasteiger partial charge in [-0.2, -0.15) is 0 Å².